The molecule has 1 heterocycles. The zero-order valence-electron chi connectivity index (χ0n) is 15.4. The highest BCUT2D eigenvalue weighted by Gasteiger charge is 2.13. The summed E-state index contributed by atoms with van der Waals surface area (Å²) < 4.78 is 0. The van der Waals surface area contributed by atoms with Crippen LogP contribution in [0.5, 0.6) is 0 Å². The van der Waals surface area contributed by atoms with Crippen LogP contribution in [-0.2, 0) is 0 Å². The Labute approximate surface area is 166 Å². The van der Waals surface area contributed by atoms with E-state index in [4.69, 9.17) is 10.7 Å². The maximum atomic E-state index is 11.9. The van der Waals surface area contributed by atoms with E-state index >= 15 is 0 Å². The Kier molecular flexibility index (Phi) is 7.58. The third-order valence-electron chi connectivity index (χ3n) is 4.35. The van der Waals surface area contributed by atoms with Gasteiger partial charge in [0, 0.05) is 43.5 Å². The summed E-state index contributed by atoms with van der Waals surface area (Å²) in [6.07, 6.45) is 4.07. The van der Waals surface area contributed by atoms with Crippen molar-refractivity contribution in [3.05, 3.63) is 71.3 Å². The van der Waals surface area contributed by atoms with Crippen LogP contribution in [0.1, 0.15) is 21.5 Å². The molecule has 0 atom stereocenters. The van der Waals surface area contributed by atoms with Crippen LogP contribution in [0.15, 0.2) is 59.6 Å². The molecule has 0 fully saturated rings. The molecule has 3 N–H and O–H groups in total. The minimum Gasteiger partial charge on any atom is -0.372 e. The maximum Gasteiger partial charge on any atom is 0.251 e. The zero-order valence-corrected chi connectivity index (χ0v) is 16.2. The molecule has 0 unspecified atom stereocenters. The molecular formula is C21H25ClN4O. The summed E-state index contributed by atoms with van der Waals surface area (Å²) in [5, 5.41) is 2.77. The van der Waals surface area contributed by atoms with Crippen molar-refractivity contribution in [2.75, 3.05) is 38.1 Å². The third-order valence-corrected chi connectivity index (χ3v) is 4.35. The molecule has 0 bridgehead atoms. The number of nitrogens with zero attached hydrogens (tertiary/aromatic N) is 2. The number of benzene rings is 2. The first-order valence-electron chi connectivity index (χ1n) is 8.80. The highest BCUT2D eigenvalue weighted by molar-refractivity contribution is 6.14. The van der Waals surface area contributed by atoms with Crippen LogP contribution in [0.4, 0.5) is 5.69 Å². The molecule has 1 aliphatic heterocycles. The van der Waals surface area contributed by atoms with Crippen molar-refractivity contribution in [1.82, 2.24) is 5.32 Å². The number of hydrogen-bond acceptors (Lipinski definition) is 4. The first-order chi connectivity index (χ1) is 12.7. The summed E-state index contributed by atoms with van der Waals surface area (Å²) in [7, 11) is 2.09. The fraction of sp³-hybridized carbons (Fsp3) is 0.238. The van der Waals surface area contributed by atoms with Crippen LogP contribution in [-0.4, -0.2) is 44.8 Å². The number of nitrogens with one attached hydrogen (secondary N) is 1. The van der Waals surface area contributed by atoms with E-state index in [1.54, 1.807) is 0 Å². The smallest absolute Gasteiger partial charge is 0.251 e. The van der Waals surface area contributed by atoms with E-state index in [9.17, 15) is 4.79 Å². The van der Waals surface area contributed by atoms with Crippen LogP contribution in [0.25, 0.3) is 6.08 Å². The Hall–Kier alpha value is -2.63. The lowest BCUT2D eigenvalue weighted by Crippen LogP contribution is -2.28. The predicted molar refractivity (Wildman–Crippen MR) is 115 cm³/mol. The minimum absolute atomic E-state index is 0. The summed E-state index contributed by atoms with van der Waals surface area (Å²) in [5.74, 6) is -0.101. The molecule has 0 spiro atoms. The van der Waals surface area contributed by atoms with Gasteiger partial charge in [-0.25, -0.2) is 0 Å². The lowest BCUT2D eigenvalue weighted by molar-refractivity contribution is 0.0955. The molecule has 27 heavy (non-hydrogen) atoms. The highest BCUT2D eigenvalue weighted by Crippen LogP contribution is 2.23. The van der Waals surface area contributed by atoms with E-state index in [1.165, 1.54) is 5.69 Å². The summed E-state index contributed by atoms with van der Waals surface area (Å²) in [5.41, 5.74) is 10.4. The summed E-state index contributed by atoms with van der Waals surface area (Å²) in [6, 6.07) is 15.8. The largest absolute Gasteiger partial charge is 0.372 e. The third kappa shape index (κ3) is 5.18. The van der Waals surface area contributed by atoms with Crippen molar-refractivity contribution in [2.45, 2.75) is 0 Å². The number of fused-ring (bicyclic) bond motifs is 1. The summed E-state index contributed by atoms with van der Waals surface area (Å²) >= 11 is 0. The van der Waals surface area contributed by atoms with Crippen LogP contribution < -0.4 is 16.0 Å². The monoisotopic (exact) mass is 384 g/mol. The number of benzodiazepines with no additional fused rings is 1. The predicted octanol–water partition coefficient (Wildman–Crippen LogP) is 2.75. The van der Waals surface area contributed by atoms with E-state index in [2.05, 4.69) is 35.5 Å². The first kappa shape index (κ1) is 20.7. The normalized spacial score (nSPS) is 13.4. The van der Waals surface area contributed by atoms with Gasteiger partial charge < -0.3 is 16.0 Å². The van der Waals surface area contributed by atoms with Crippen molar-refractivity contribution in [2.24, 2.45) is 10.7 Å². The Morgan fingerprint density at radius 3 is 2.67 bits per heavy atom. The summed E-state index contributed by atoms with van der Waals surface area (Å²) in [6.45, 7) is 2.59. The number of nitrogens with two attached hydrogens (primary N) is 1. The number of halogens is 1. The Balaban J connectivity index is 0.00000261. The van der Waals surface area contributed by atoms with Gasteiger partial charge in [-0.3, -0.25) is 9.79 Å². The van der Waals surface area contributed by atoms with Gasteiger partial charge in [0.05, 0.1) is 12.3 Å². The maximum absolute atomic E-state index is 11.9. The van der Waals surface area contributed by atoms with Crippen LogP contribution in [0, 0.1) is 0 Å². The standard InChI is InChI=1S/C21H24N4O.ClH/c1-25-15-14-23-19(18-4-2-3-5-20(18)25)11-8-16-6-9-17(10-7-16)21(26)24-13-12-22;/h2-11H,12-15,22H2,1H3,(H,24,26);1H/b11-8+;. The second-order valence-electron chi connectivity index (χ2n) is 6.21. The van der Waals surface area contributed by atoms with Crippen molar-refractivity contribution in [1.29, 1.82) is 0 Å². The molecule has 0 saturated carbocycles. The number of amides is 1. The number of carbonyl (C=O) groups excluding carboxylic acids is 1. The lowest BCUT2D eigenvalue weighted by Gasteiger charge is -2.18. The molecule has 142 valence electrons. The number of carbonyl (C=O) groups is 1. The van der Waals surface area contributed by atoms with Gasteiger partial charge in [0.1, 0.15) is 0 Å². The summed E-state index contributed by atoms with van der Waals surface area (Å²) in [4.78, 5) is 18.9. The number of allylic oxidation sites excluding steroid dienone is 1. The number of likely N-dealkylation sites (N-methyl/N-ethyl adjacent to an activating group) is 1. The van der Waals surface area contributed by atoms with E-state index in [0.29, 0.717) is 18.7 Å². The van der Waals surface area contributed by atoms with Crippen LogP contribution in [0.3, 0.4) is 0 Å². The fourth-order valence-electron chi connectivity index (χ4n) is 2.90. The van der Waals surface area contributed by atoms with Crippen molar-refractivity contribution in [3.8, 4) is 0 Å². The number of hydrogen-bond donors (Lipinski definition) is 2. The van der Waals surface area contributed by atoms with Gasteiger partial charge in [0.2, 0.25) is 0 Å². The zero-order chi connectivity index (χ0) is 18.4. The molecule has 1 amide bonds. The average Bonchev–Trinajstić information content (AvgIpc) is 2.84. The van der Waals surface area contributed by atoms with Crippen molar-refractivity contribution >= 4 is 35.8 Å². The quantitative estimate of drug-likeness (QED) is 0.832. The molecule has 0 aromatic heterocycles. The second kappa shape index (κ2) is 9.90. The van der Waals surface area contributed by atoms with E-state index in [1.807, 2.05) is 42.5 Å². The molecule has 5 nitrogen and oxygen atoms in total. The van der Waals surface area contributed by atoms with Gasteiger partial charge in [-0.05, 0) is 29.8 Å². The average molecular weight is 385 g/mol. The minimum atomic E-state index is -0.101. The molecule has 6 heteroatoms. The molecule has 2 aromatic rings. The highest BCUT2D eigenvalue weighted by atomic mass is 35.5. The fourth-order valence-corrected chi connectivity index (χ4v) is 2.90. The van der Waals surface area contributed by atoms with Crippen molar-refractivity contribution < 1.29 is 4.79 Å². The number of para-hydroxylation sites is 1. The number of anilines is 1. The van der Waals surface area contributed by atoms with Gasteiger partial charge in [-0.1, -0.05) is 36.4 Å². The molecular weight excluding hydrogens is 360 g/mol. The molecule has 0 saturated heterocycles. The van der Waals surface area contributed by atoms with Gasteiger partial charge in [0.25, 0.3) is 5.91 Å². The van der Waals surface area contributed by atoms with Crippen LogP contribution >= 0.6 is 12.4 Å². The molecule has 1 aliphatic rings. The lowest BCUT2D eigenvalue weighted by atomic mass is 10.0. The number of rotatable bonds is 5. The Morgan fingerprint density at radius 2 is 1.93 bits per heavy atom. The van der Waals surface area contributed by atoms with Gasteiger partial charge in [-0.15, -0.1) is 12.4 Å². The van der Waals surface area contributed by atoms with Gasteiger partial charge in [-0.2, -0.15) is 0 Å². The second-order valence-corrected chi connectivity index (χ2v) is 6.21. The van der Waals surface area contributed by atoms with E-state index in [-0.39, 0.29) is 18.3 Å². The van der Waals surface area contributed by atoms with Gasteiger partial charge >= 0.3 is 0 Å². The SMILES string of the molecule is CN1CCN=C(/C=C/c2ccc(C(=O)NCCN)cc2)c2ccccc21.Cl. The molecule has 0 aliphatic carbocycles. The number of aliphatic imine (C=N–C) groups is 1. The van der Waals surface area contributed by atoms with E-state index in [0.717, 1.165) is 29.9 Å². The topological polar surface area (TPSA) is 70.7 Å². The first-order valence-corrected chi connectivity index (χ1v) is 8.80. The molecule has 0 radical (unpaired) electrons. The Bertz CT molecular complexity index is 830. The van der Waals surface area contributed by atoms with Crippen molar-refractivity contribution in [3.63, 3.8) is 0 Å². The molecule has 3 rings (SSSR count). The molecule has 2 aromatic carbocycles. The Morgan fingerprint density at radius 1 is 1.19 bits per heavy atom. The van der Waals surface area contributed by atoms with E-state index < -0.39 is 0 Å². The van der Waals surface area contributed by atoms with Gasteiger partial charge in [0.15, 0.2) is 0 Å². The van der Waals surface area contributed by atoms with Crippen LogP contribution in [0.2, 0.25) is 0 Å².